The van der Waals surface area contributed by atoms with Crippen LogP contribution in [-0.2, 0) is 116 Å². The highest BCUT2D eigenvalue weighted by Gasteiger charge is 2.24. The first kappa shape index (κ1) is 99.4. The predicted octanol–water partition coefficient (Wildman–Crippen LogP) is 6.00. The molecule has 0 spiro atoms. The molecule has 0 amide bonds. The summed E-state index contributed by atoms with van der Waals surface area (Å²) in [6, 6.07) is 0. The fraction of sp³-hybridized carbons (Fsp3) is 0.706. The standard InChI is InChI=1S/2C18H31N5O2.C17H29N5O2.2C16H27N5O2/c1-6-10-22(11-7-2)12-8-9-13-23-14(3)19-16-15(23)17(24)21(5)18(25)20(16)4;1-6-10-22(11-7-2)12-9-13-23-14(8-3)19-16-15(23)17(24)21(5)18(25)20(16)4;1-6-9-21(10-7-2)11-8-12-22-13(3)18-15-14(22)16(23)20(5)17(24)19(15)4;1-6-8-20(9-7-2)10-11-21-12(3)17-14-13(21)15(22)19(5)16(23)18(14)4;1-6-12-17-14-13(15(22)19(5)16(23)18(14)4)21(12)11-9-10-20(7-2)8-3/h2*6-13H2,1-5H3;6-12H2,1-5H3;2*6-11H2,1-5H3. The van der Waals surface area contributed by atoms with E-state index < -0.39 is 0 Å². The largest absolute Gasteiger partial charge is 0.332 e. The summed E-state index contributed by atoms with van der Waals surface area (Å²) >= 11 is 0. The Morgan fingerprint density at radius 1 is 0.225 bits per heavy atom. The molecule has 0 bridgehead atoms. The Labute approximate surface area is 705 Å². The summed E-state index contributed by atoms with van der Waals surface area (Å²) in [6.45, 7) is 51.1. The van der Waals surface area contributed by atoms with Gasteiger partial charge < -0.3 is 47.3 Å². The Kier molecular flexibility index (Phi) is 39.0. The molecule has 35 heteroatoms. The van der Waals surface area contributed by atoms with Crippen LogP contribution in [0.5, 0.6) is 0 Å². The molecule has 120 heavy (non-hydrogen) atoms. The van der Waals surface area contributed by atoms with E-state index in [1.54, 1.807) is 35.2 Å². The lowest BCUT2D eigenvalue weighted by molar-refractivity contribution is 0.264. The number of rotatable bonds is 40. The molecule has 670 valence electrons. The van der Waals surface area contributed by atoms with Gasteiger partial charge in [-0.05, 0) is 196 Å². The molecule has 0 atom stereocenters. The lowest BCUT2D eigenvalue weighted by Gasteiger charge is -2.21. The molecule has 10 rings (SSSR count). The lowest BCUT2D eigenvalue weighted by atomic mass is 10.2. The smallest absolute Gasteiger partial charge is 0.322 e. The molecule has 10 aromatic rings. The van der Waals surface area contributed by atoms with Crippen LogP contribution in [0.25, 0.3) is 55.8 Å². The van der Waals surface area contributed by atoms with E-state index in [0.29, 0.717) is 62.4 Å². The Bertz CT molecular complexity index is 5650. The van der Waals surface area contributed by atoms with Gasteiger partial charge in [0.25, 0.3) is 27.8 Å². The molecule has 0 aromatic carbocycles. The van der Waals surface area contributed by atoms with Crippen LogP contribution in [0.4, 0.5) is 0 Å². The maximum atomic E-state index is 12.6. The summed E-state index contributed by atoms with van der Waals surface area (Å²) in [5, 5.41) is 0. The van der Waals surface area contributed by atoms with Gasteiger partial charge in [-0.25, -0.2) is 48.9 Å². The highest BCUT2D eigenvalue weighted by atomic mass is 16.2. The van der Waals surface area contributed by atoms with Gasteiger partial charge in [0.15, 0.2) is 55.8 Å². The number of hydrogen-bond acceptors (Lipinski definition) is 20. The third-order valence-electron chi connectivity index (χ3n) is 22.6. The van der Waals surface area contributed by atoms with Crippen LogP contribution >= 0.6 is 0 Å². The van der Waals surface area contributed by atoms with Crippen molar-refractivity contribution in [3.05, 3.63) is 133 Å². The summed E-state index contributed by atoms with van der Waals surface area (Å²) in [6.07, 6.45) is 15.6. The summed E-state index contributed by atoms with van der Waals surface area (Å²) in [4.78, 5) is 158. The van der Waals surface area contributed by atoms with Gasteiger partial charge in [-0.3, -0.25) is 69.6 Å². The maximum absolute atomic E-state index is 12.6. The van der Waals surface area contributed by atoms with E-state index >= 15 is 0 Å². The maximum Gasteiger partial charge on any atom is 0.332 e. The zero-order valence-electron chi connectivity index (χ0n) is 77.5. The zero-order valence-corrected chi connectivity index (χ0v) is 77.5. The molecule has 0 aliphatic rings. The summed E-state index contributed by atoms with van der Waals surface area (Å²) in [5.41, 5.74) is 2.00. The van der Waals surface area contributed by atoms with E-state index in [1.807, 2.05) is 57.5 Å². The average Bonchev–Trinajstić information content (AvgIpc) is 1.62. The fourth-order valence-electron chi connectivity index (χ4n) is 16.1. The van der Waals surface area contributed by atoms with Gasteiger partial charge >= 0.3 is 28.4 Å². The van der Waals surface area contributed by atoms with Crippen molar-refractivity contribution in [2.75, 3.05) is 98.2 Å². The van der Waals surface area contributed by atoms with Gasteiger partial charge in [0.2, 0.25) is 0 Å². The molecule has 0 fully saturated rings. The van der Waals surface area contributed by atoms with E-state index in [4.69, 9.17) is 0 Å². The molecule has 0 unspecified atom stereocenters. The third kappa shape index (κ3) is 23.2. The number of fused-ring (bicyclic) bond motifs is 5. The Morgan fingerprint density at radius 3 is 0.683 bits per heavy atom. The molecule has 0 N–H and O–H groups in total. The quantitative estimate of drug-likeness (QED) is 0.0397. The van der Waals surface area contributed by atoms with E-state index in [1.165, 1.54) is 75.5 Å². The van der Waals surface area contributed by atoms with E-state index in [0.717, 1.165) is 255 Å². The normalized spacial score (nSPS) is 11.8. The number of unbranched alkanes of at least 4 members (excludes halogenated alkanes) is 1. The molecule has 0 saturated heterocycles. The highest BCUT2D eigenvalue weighted by Crippen LogP contribution is 2.18. The predicted molar refractivity (Wildman–Crippen MR) is 483 cm³/mol. The summed E-state index contributed by atoms with van der Waals surface area (Å²) in [5.74, 6) is 4.06. The Hall–Kier alpha value is -9.45. The van der Waals surface area contributed by atoms with Gasteiger partial charge in [0.1, 0.15) is 29.1 Å². The number of aryl methyl sites for hydroxylation is 14. The van der Waals surface area contributed by atoms with Crippen LogP contribution in [0.1, 0.15) is 196 Å². The second kappa shape index (κ2) is 47.1. The van der Waals surface area contributed by atoms with Crippen molar-refractivity contribution in [1.29, 1.82) is 0 Å². The zero-order chi connectivity index (χ0) is 89.3. The average molecular weight is 1680 g/mol. The molecule has 10 heterocycles. The van der Waals surface area contributed by atoms with Crippen LogP contribution in [0.2, 0.25) is 0 Å². The number of imidazole rings is 5. The first-order chi connectivity index (χ1) is 57.2. The van der Waals surface area contributed by atoms with Crippen LogP contribution in [0, 0.1) is 20.8 Å². The molecule has 35 nitrogen and oxygen atoms in total. The van der Waals surface area contributed by atoms with Gasteiger partial charge in [-0.1, -0.05) is 83.1 Å². The molecule has 10 aromatic heterocycles. The fourth-order valence-corrected chi connectivity index (χ4v) is 16.1. The third-order valence-corrected chi connectivity index (χ3v) is 22.6. The van der Waals surface area contributed by atoms with Gasteiger partial charge in [-0.15, -0.1) is 0 Å². The van der Waals surface area contributed by atoms with E-state index in [2.05, 4.69) is 119 Å². The number of hydrogen-bond donors (Lipinski definition) is 0. The molecule has 0 aliphatic heterocycles. The van der Waals surface area contributed by atoms with Gasteiger partial charge in [0, 0.05) is 123 Å². The second-order valence-electron chi connectivity index (χ2n) is 31.5. The summed E-state index contributed by atoms with van der Waals surface area (Å²) < 4.78 is 22.9. The lowest BCUT2D eigenvalue weighted by Crippen LogP contribution is -2.38. The van der Waals surface area contributed by atoms with Crippen LogP contribution < -0.4 is 56.2 Å². The van der Waals surface area contributed by atoms with Crippen molar-refractivity contribution < 1.29 is 0 Å². The van der Waals surface area contributed by atoms with Crippen molar-refractivity contribution in [2.24, 2.45) is 70.5 Å². The van der Waals surface area contributed by atoms with Gasteiger partial charge in [-0.2, -0.15) is 0 Å². The van der Waals surface area contributed by atoms with E-state index in [-0.39, 0.29) is 56.2 Å². The molecular weight excluding hydrogens is 1530 g/mol. The van der Waals surface area contributed by atoms with Crippen molar-refractivity contribution in [1.82, 2.24) is 118 Å². The number of aromatic nitrogens is 20. The minimum Gasteiger partial charge on any atom is -0.322 e. The first-order valence-corrected chi connectivity index (χ1v) is 44.0. The van der Waals surface area contributed by atoms with Crippen molar-refractivity contribution in [3.8, 4) is 0 Å². The van der Waals surface area contributed by atoms with Crippen LogP contribution in [0.3, 0.4) is 0 Å². The van der Waals surface area contributed by atoms with Crippen molar-refractivity contribution in [3.63, 3.8) is 0 Å². The minimum atomic E-state index is -0.342. The monoisotopic (exact) mass is 1680 g/mol. The second-order valence-corrected chi connectivity index (χ2v) is 31.5. The van der Waals surface area contributed by atoms with Crippen LogP contribution in [-0.4, -0.2) is 216 Å². The van der Waals surface area contributed by atoms with Gasteiger partial charge in [0.05, 0.1) is 0 Å². The number of nitrogens with zero attached hydrogens (tertiary/aromatic N) is 25. The molecular formula is C85H145N25O10. The first-order valence-electron chi connectivity index (χ1n) is 44.0. The van der Waals surface area contributed by atoms with Crippen molar-refractivity contribution >= 4 is 55.8 Å². The molecule has 0 radical (unpaired) electrons. The Balaban J connectivity index is 0.000000233. The van der Waals surface area contributed by atoms with Crippen LogP contribution in [0.15, 0.2) is 47.9 Å². The molecule has 0 saturated carbocycles. The highest BCUT2D eigenvalue weighted by molar-refractivity contribution is 5.74. The Morgan fingerprint density at radius 2 is 0.433 bits per heavy atom. The van der Waals surface area contributed by atoms with Crippen molar-refractivity contribution in [2.45, 2.75) is 233 Å². The SMILES string of the molecule is CCCN(CCC)CCCCn1c(C)nc2c1c(=O)n(C)c(=O)n2C.CCCN(CCC)CCCn1c(C)nc2c1c(=O)n(C)c(=O)n2C.CCCN(CCC)CCCn1c(CC)nc2c1c(=O)n(C)c(=O)n2C.CCCN(CCC)CCn1c(C)nc2c1c(=O)n(C)c(=O)n2C.CCc1nc2c(c(=O)n(C)c(=O)n2C)n1CCCN(CC)CC. The minimum absolute atomic E-state index is 0.260. The summed E-state index contributed by atoms with van der Waals surface area (Å²) in [7, 11) is 15.9. The molecule has 0 aliphatic carbocycles. The topological polar surface area (TPSA) is 325 Å². The van der Waals surface area contributed by atoms with E-state index in [9.17, 15) is 47.9 Å².